The summed E-state index contributed by atoms with van der Waals surface area (Å²) in [4.78, 5) is 9.24. The number of hydrogen-bond donors (Lipinski definition) is 4. The lowest BCUT2D eigenvalue weighted by molar-refractivity contribution is 0.0271. The average Bonchev–Trinajstić information content (AvgIpc) is 3.18. The smallest absolute Gasteiger partial charge is 0.155 e. The lowest BCUT2D eigenvalue weighted by Crippen LogP contribution is -2.38. The molecule has 5 atom stereocenters. The van der Waals surface area contributed by atoms with Crippen LogP contribution in [0.5, 0.6) is 0 Å². The van der Waals surface area contributed by atoms with E-state index in [1.54, 1.807) is 11.8 Å². The molecule has 1 saturated heterocycles. The lowest BCUT2D eigenvalue weighted by Gasteiger charge is -2.19. The average molecular weight is 372 g/mol. The number of hydrogen-bond acceptors (Lipinski definition) is 9. The van der Waals surface area contributed by atoms with Gasteiger partial charge in [-0.3, -0.25) is 0 Å². The van der Waals surface area contributed by atoms with Crippen LogP contribution < -0.4 is 11.1 Å². The number of rotatable bonds is 4. The van der Waals surface area contributed by atoms with Crippen molar-refractivity contribution in [3.8, 4) is 0 Å². The van der Waals surface area contributed by atoms with Crippen molar-refractivity contribution in [1.82, 2.24) is 15.3 Å². The number of benzene rings is 1. The fourth-order valence-corrected chi connectivity index (χ4v) is 4.28. The monoisotopic (exact) mass is 372 g/mol. The Bertz CT molecular complexity index is 831. The van der Waals surface area contributed by atoms with Gasteiger partial charge in [-0.2, -0.15) is 5.11 Å². The summed E-state index contributed by atoms with van der Waals surface area (Å²) in [6.07, 6.45) is -0.499. The molecule has 136 valence electrons. The molecule has 5 N–H and O–H groups in total. The highest BCUT2D eigenvalue weighted by molar-refractivity contribution is 7.99. The molecule has 4 rings (SSSR count). The first-order valence-electron chi connectivity index (χ1n) is 8.37. The van der Waals surface area contributed by atoms with Crippen LogP contribution in [0.4, 0.5) is 11.5 Å². The minimum Gasteiger partial charge on any atom is -0.389 e. The predicted molar refractivity (Wildman–Crippen MR) is 98.3 cm³/mol. The molecule has 9 heteroatoms. The van der Waals surface area contributed by atoms with Gasteiger partial charge in [0.2, 0.25) is 0 Å². The number of aromatic nitrogens is 2. The van der Waals surface area contributed by atoms with Crippen LogP contribution >= 0.6 is 11.8 Å². The van der Waals surface area contributed by atoms with E-state index in [0.717, 1.165) is 4.90 Å². The van der Waals surface area contributed by atoms with E-state index in [-0.39, 0.29) is 11.9 Å². The Hall–Kier alpha value is -2.07. The Morgan fingerprint density at radius 2 is 1.92 bits per heavy atom. The van der Waals surface area contributed by atoms with Crippen molar-refractivity contribution in [3.63, 3.8) is 0 Å². The summed E-state index contributed by atoms with van der Waals surface area (Å²) in [6, 6.07) is 6.98. The molecule has 0 spiro atoms. The molecule has 0 bridgehead atoms. The Morgan fingerprint density at radius 1 is 1.15 bits per heavy atom. The number of thioether (sulfide) groups is 1. The maximum atomic E-state index is 10.5. The zero-order chi connectivity index (χ0) is 18.3. The zero-order valence-corrected chi connectivity index (χ0v) is 15.0. The lowest BCUT2D eigenvalue weighted by atomic mass is 9.99. The summed E-state index contributed by atoms with van der Waals surface area (Å²) in [5, 5.41) is 32.5. The van der Waals surface area contributed by atoms with Gasteiger partial charge in [-0.25, -0.2) is 9.97 Å². The molecular weight excluding hydrogens is 352 g/mol. The summed E-state index contributed by atoms with van der Waals surface area (Å²) in [7, 11) is 0. The van der Waals surface area contributed by atoms with Crippen LogP contribution in [0.3, 0.4) is 0 Å². The van der Waals surface area contributed by atoms with E-state index in [9.17, 15) is 10.2 Å². The largest absolute Gasteiger partial charge is 0.389 e. The van der Waals surface area contributed by atoms with Crippen molar-refractivity contribution >= 4 is 23.3 Å². The first kappa shape index (κ1) is 17.3. The highest BCUT2D eigenvalue weighted by Gasteiger charge is 2.47. The molecule has 0 radical (unpaired) electrons. The number of nitrogen functional groups attached to an aromatic ring is 1. The van der Waals surface area contributed by atoms with Gasteiger partial charge in [0.15, 0.2) is 11.5 Å². The number of anilines is 1. The summed E-state index contributed by atoms with van der Waals surface area (Å²) in [5.74, 6) is 0.890. The molecule has 1 unspecified atom stereocenters. The molecule has 1 fully saturated rings. The van der Waals surface area contributed by atoms with E-state index in [1.807, 2.05) is 6.92 Å². The van der Waals surface area contributed by atoms with E-state index < -0.39 is 24.3 Å². The summed E-state index contributed by atoms with van der Waals surface area (Å²) in [6.45, 7) is 2.04. The summed E-state index contributed by atoms with van der Waals surface area (Å²) in [5.41, 5.74) is 8.03. The van der Waals surface area contributed by atoms with Crippen molar-refractivity contribution in [1.29, 1.82) is 0 Å². The molecule has 0 saturated carbocycles. The van der Waals surface area contributed by atoms with Crippen molar-refractivity contribution in [2.75, 3.05) is 11.5 Å². The minimum atomic E-state index is -0.968. The molecule has 2 aliphatic heterocycles. The zero-order valence-electron chi connectivity index (χ0n) is 14.1. The van der Waals surface area contributed by atoms with Gasteiger partial charge in [-0.1, -0.05) is 17.7 Å². The van der Waals surface area contributed by atoms with E-state index in [4.69, 9.17) is 5.73 Å². The normalized spacial score (nSPS) is 29.9. The number of azo groups is 1. The third-order valence-corrected chi connectivity index (χ3v) is 5.90. The number of nitrogens with one attached hydrogen (secondary N) is 1. The van der Waals surface area contributed by atoms with Crippen LogP contribution in [0.15, 0.2) is 45.7 Å². The Morgan fingerprint density at radius 3 is 2.69 bits per heavy atom. The van der Waals surface area contributed by atoms with Crippen LogP contribution in [0.25, 0.3) is 0 Å². The van der Waals surface area contributed by atoms with Gasteiger partial charge in [0, 0.05) is 16.7 Å². The van der Waals surface area contributed by atoms with Gasteiger partial charge in [0.25, 0.3) is 0 Å². The van der Waals surface area contributed by atoms with Crippen molar-refractivity contribution < 1.29 is 10.2 Å². The molecule has 1 aromatic heterocycles. The van der Waals surface area contributed by atoms with Crippen LogP contribution in [-0.4, -0.2) is 50.2 Å². The summed E-state index contributed by atoms with van der Waals surface area (Å²) < 4.78 is 0. The molecule has 0 amide bonds. The standard InChI is InChI=1S/C17H20N6O2S/c1-8-2-4-9(5-3-8)26-6-10-15(24)16(25)13(21-10)12-11-14(23-22-12)17(18)20-7-19-11/h2-5,7,10,12-13,15-16,21,24-25H,6H2,1H3,(H2,18,19,20)/t10-,12?,13+,15-,16+/m0/s1. The fraction of sp³-hybridized carbons (Fsp3) is 0.412. The van der Waals surface area contributed by atoms with E-state index >= 15 is 0 Å². The topological polar surface area (TPSA) is 129 Å². The third kappa shape index (κ3) is 3.07. The predicted octanol–water partition coefficient (Wildman–Crippen LogP) is 1.36. The number of aliphatic hydroxyl groups is 2. The quantitative estimate of drug-likeness (QED) is 0.596. The van der Waals surface area contributed by atoms with E-state index in [0.29, 0.717) is 17.1 Å². The van der Waals surface area contributed by atoms with Crippen molar-refractivity contribution in [2.24, 2.45) is 10.2 Å². The van der Waals surface area contributed by atoms with Crippen LogP contribution in [0.1, 0.15) is 17.3 Å². The molecule has 1 aromatic carbocycles. The number of nitrogens with two attached hydrogens (primary N) is 1. The third-order valence-electron chi connectivity index (χ3n) is 4.77. The molecule has 2 aromatic rings. The van der Waals surface area contributed by atoms with Crippen molar-refractivity contribution in [2.45, 2.75) is 42.2 Å². The maximum absolute atomic E-state index is 10.5. The van der Waals surface area contributed by atoms with Crippen LogP contribution in [-0.2, 0) is 0 Å². The molecule has 8 nitrogen and oxygen atoms in total. The highest BCUT2D eigenvalue weighted by atomic mass is 32.2. The van der Waals surface area contributed by atoms with Gasteiger partial charge < -0.3 is 21.3 Å². The van der Waals surface area contributed by atoms with Crippen molar-refractivity contribution in [3.05, 3.63) is 41.9 Å². The van der Waals surface area contributed by atoms with Crippen LogP contribution in [0.2, 0.25) is 0 Å². The summed E-state index contributed by atoms with van der Waals surface area (Å²) >= 11 is 1.63. The van der Waals surface area contributed by atoms with Gasteiger partial charge >= 0.3 is 0 Å². The number of aliphatic hydroxyl groups excluding tert-OH is 2. The van der Waals surface area contributed by atoms with Gasteiger partial charge in [-0.05, 0) is 19.1 Å². The maximum Gasteiger partial charge on any atom is 0.155 e. The molecule has 2 aliphatic rings. The first-order chi connectivity index (χ1) is 12.5. The van der Waals surface area contributed by atoms with Gasteiger partial charge in [-0.15, -0.1) is 16.9 Å². The highest BCUT2D eigenvalue weighted by Crippen LogP contribution is 2.41. The molecule has 0 aliphatic carbocycles. The Labute approximate surface area is 155 Å². The Kier molecular flexibility index (Phi) is 4.62. The SMILES string of the molecule is Cc1ccc(SC[C@@H]2N[C@H](C3N=Nc4c(N)ncnc43)[C@@H](O)[C@H]2O)cc1. The molecule has 26 heavy (non-hydrogen) atoms. The van der Waals surface area contributed by atoms with Gasteiger partial charge in [0.1, 0.15) is 18.1 Å². The number of nitrogens with zero attached hydrogens (tertiary/aromatic N) is 4. The van der Waals surface area contributed by atoms with E-state index in [1.165, 1.54) is 11.9 Å². The van der Waals surface area contributed by atoms with Gasteiger partial charge in [0.05, 0.1) is 18.2 Å². The fourth-order valence-electron chi connectivity index (χ4n) is 3.28. The van der Waals surface area contributed by atoms with E-state index in [2.05, 4.69) is 49.8 Å². The minimum absolute atomic E-state index is 0.264. The number of fused-ring (bicyclic) bond motifs is 1. The van der Waals surface area contributed by atoms with Crippen LogP contribution in [0, 0.1) is 6.92 Å². The second-order valence-corrected chi connectivity index (χ2v) is 7.65. The second kappa shape index (κ2) is 6.92. The number of aryl methyl sites for hydroxylation is 1. The molecule has 3 heterocycles. The molecular formula is C17H20N6O2S. The Balaban J connectivity index is 1.46. The first-order valence-corrected chi connectivity index (χ1v) is 9.36. The second-order valence-electron chi connectivity index (χ2n) is 6.56.